The van der Waals surface area contributed by atoms with Gasteiger partial charge in [0.1, 0.15) is 5.82 Å². The molecule has 4 rings (SSSR count). The SMILES string of the molecule is Fc1ccc(-c2nc(Cl)n(CCCc3ccccc3)c2-c2ccncc2)cc1. The second-order valence-corrected chi connectivity index (χ2v) is 6.90. The van der Waals surface area contributed by atoms with Gasteiger partial charge in [0.25, 0.3) is 0 Å². The monoisotopic (exact) mass is 391 g/mol. The Kier molecular flexibility index (Phi) is 5.49. The van der Waals surface area contributed by atoms with Crippen LogP contribution in [0.4, 0.5) is 4.39 Å². The molecule has 0 saturated carbocycles. The fourth-order valence-electron chi connectivity index (χ4n) is 3.33. The van der Waals surface area contributed by atoms with Crippen LogP contribution in [0.2, 0.25) is 5.28 Å². The zero-order chi connectivity index (χ0) is 19.3. The van der Waals surface area contributed by atoms with Crippen molar-refractivity contribution in [3.05, 3.63) is 95.8 Å². The lowest BCUT2D eigenvalue weighted by atomic mass is 10.1. The molecule has 0 saturated heterocycles. The Morgan fingerprint density at radius 3 is 2.29 bits per heavy atom. The standard InChI is InChI=1S/C23H19ClFN3/c24-23-27-21(18-8-10-20(25)11-9-18)22(19-12-14-26-15-13-19)28(23)16-4-7-17-5-2-1-3-6-17/h1-3,5-6,8-15H,4,7,16H2. The molecule has 0 spiro atoms. The Morgan fingerprint density at radius 1 is 0.857 bits per heavy atom. The van der Waals surface area contributed by atoms with Gasteiger partial charge in [0.15, 0.2) is 0 Å². The summed E-state index contributed by atoms with van der Waals surface area (Å²) in [7, 11) is 0. The molecule has 0 fully saturated rings. The maximum absolute atomic E-state index is 13.4. The maximum atomic E-state index is 13.4. The van der Waals surface area contributed by atoms with Crippen molar-refractivity contribution in [2.45, 2.75) is 19.4 Å². The Bertz CT molecular complexity index is 1040. The third-order valence-electron chi connectivity index (χ3n) is 4.68. The van der Waals surface area contributed by atoms with Crippen molar-refractivity contribution in [3.63, 3.8) is 0 Å². The fraction of sp³-hybridized carbons (Fsp3) is 0.130. The molecule has 5 heteroatoms. The lowest BCUT2D eigenvalue weighted by Crippen LogP contribution is -2.02. The molecular weight excluding hydrogens is 373 g/mol. The Morgan fingerprint density at radius 2 is 1.57 bits per heavy atom. The maximum Gasteiger partial charge on any atom is 0.203 e. The lowest BCUT2D eigenvalue weighted by molar-refractivity contribution is 0.628. The molecule has 2 aromatic heterocycles. The number of aromatic nitrogens is 3. The molecule has 0 radical (unpaired) electrons. The smallest absolute Gasteiger partial charge is 0.203 e. The molecular formula is C23H19ClFN3. The van der Waals surface area contributed by atoms with Gasteiger partial charge in [0.05, 0.1) is 11.4 Å². The van der Waals surface area contributed by atoms with Crippen LogP contribution >= 0.6 is 11.6 Å². The van der Waals surface area contributed by atoms with Crippen LogP contribution in [0.25, 0.3) is 22.5 Å². The Labute approximate surface area is 168 Å². The summed E-state index contributed by atoms with van der Waals surface area (Å²) in [6.07, 6.45) is 5.38. The number of rotatable bonds is 6. The van der Waals surface area contributed by atoms with Crippen LogP contribution in [0.15, 0.2) is 79.1 Å². The van der Waals surface area contributed by atoms with Gasteiger partial charge in [-0.15, -0.1) is 0 Å². The molecule has 2 heterocycles. The number of nitrogens with zero attached hydrogens (tertiary/aromatic N) is 3. The molecule has 0 aliphatic rings. The number of imidazole rings is 1. The summed E-state index contributed by atoms with van der Waals surface area (Å²) in [6.45, 7) is 0.736. The van der Waals surface area contributed by atoms with E-state index in [4.69, 9.17) is 11.6 Å². The Hall–Kier alpha value is -2.98. The quantitative estimate of drug-likeness (QED) is 0.401. The summed E-state index contributed by atoms with van der Waals surface area (Å²) in [5.74, 6) is -0.275. The van der Waals surface area contributed by atoms with Gasteiger partial charge in [0, 0.05) is 30.1 Å². The van der Waals surface area contributed by atoms with Crippen LogP contribution < -0.4 is 0 Å². The predicted molar refractivity (Wildman–Crippen MR) is 111 cm³/mol. The van der Waals surface area contributed by atoms with Crippen LogP contribution in [-0.2, 0) is 13.0 Å². The average Bonchev–Trinajstić information content (AvgIpc) is 3.06. The normalized spacial score (nSPS) is 10.9. The molecule has 0 atom stereocenters. The van der Waals surface area contributed by atoms with Crippen molar-refractivity contribution in [1.29, 1.82) is 0 Å². The van der Waals surface area contributed by atoms with Gasteiger partial charge in [-0.2, -0.15) is 0 Å². The van der Waals surface area contributed by atoms with Crippen molar-refractivity contribution in [1.82, 2.24) is 14.5 Å². The van der Waals surface area contributed by atoms with E-state index < -0.39 is 0 Å². The fourth-order valence-corrected chi connectivity index (χ4v) is 3.58. The van der Waals surface area contributed by atoms with E-state index in [0.29, 0.717) is 5.28 Å². The minimum Gasteiger partial charge on any atom is -0.314 e. The second kappa shape index (κ2) is 8.36. The minimum absolute atomic E-state index is 0.275. The summed E-state index contributed by atoms with van der Waals surface area (Å²) in [6, 6.07) is 20.6. The van der Waals surface area contributed by atoms with Crippen molar-refractivity contribution < 1.29 is 4.39 Å². The van der Waals surface area contributed by atoms with Gasteiger partial charge < -0.3 is 4.57 Å². The van der Waals surface area contributed by atoms with E-state index >= 15 is 0 Å². The summed E-state index contributed by atoms with van der Waals surface area (Å²) in [5.41, 5.74) is 4.77. The van der Waals surface area contributed by atoms with Gasteiger partial charge in [-0.3, -0.25) is 4.98 Å². The summed E-state index contributed by atoms with van der Waals surface area (Å²) < 4.78 is 15.4. The topological polar surface area (TPSA) is 30.7 Å². The molecule has 140 valence electrons. The van der Waals surface area contributed by atoms with Gasteiger partial charge in [-0.05, 0) is 66.4 Å². The highest BCUT2D eigenvalue weighted by atomic mass is 35.5. The van der Waals surface area contributed by atoms with E-state index in [9.17, 15) is 4.39 Å². The van der Waals surface area contributed by atoms with Gasteiger partial charge >= 0.3 is 0 Å². The van der Waals surface area contributed by atoms with Crippen LogP contribution in [0.5, 0.6) is 0 Å². The molecule has 3 nitrogen and oxygen atoms in total. The zero-order valence-electron chi connectivity index (χ0n) is 15.2. The third kappa shape index (κ3) is 3.97. The summed E-state index contributed by atoms with van der Waals surface area (Å²) >= 11 is 6.53. The zero-order valence-corrected chi connectivity index (χ0v) is 16.0. The molecule has 0 amide bonds. The first-order valence-corrected chi connectivity index (χ1v) is 9.56. The highest BCUT2D eigenvalue weighted by Gasteiger charge is 2.19. The van der Waals surface area contributed by atoms with E-state index in [0.717, 1.165) is 41.9 Å². The van der Waals surface area contributed by atoms with Crippen molar-refractivity contribution >= 4 is 11.6 Å². The van der Waals surface area contributed by atoms with Crippen LogP contribution in [-0.4, -0.2) is 14.5 Å². The van der Waals surface area contributed by atoms with Crippen LogP contribution in [0, 0.1) is 5.82 Å². The molecule has 0 N–H and O–H groups in total. The largest absolute Gasteiger partial charge is 0.314 e. The van der Waals surface area contributed by atoms with E-state index in [-0.39, 0.29) is 5.82 Å². The van der Waals surface area contributed by atoms with Crippen molar-refractivity contribution in [3.8, 4) is 22.5 Å². The second-order valence-electron chi connectivity index (χ2n) is 6.56. The Balaban J connectivity index is 1.70. The lowest BCUT2D eigenvalue weighted by Gasteiger charge is -2.11. The van der Waals surface area contributed by atoms with E-state index in [1.54, 1.807) is 24.5 Å². The van der Waals surface area contributed by atoms with E-state index in [1.165, 1.54) is 17.7 Å². The molecule has 0 aliphatic heterocycles. The first-order chi connectivity index (χ1) is 13.7. The summed E-state index contributed by atoms with van der Waals surface area (Å²) in [5, 5.41) is 0.430. The molecule has 0 bridgehead atoms. The molecule has 4 aromatic rings. The molecule has 0 aliphatic carbocycles. The van der Waals surface area contributed by atoms with Gasteiger partial charge in [-0.25, -0.2) is 9.37 Å². The number of hydrogen-bond donors (Lipinski definition) is 0. The van der Waals surface area contributed by atoms with E-state index in [1.807, 2.05) is 22.8 Å². The minimum atomic E-state index is -0.275. The van der Waals surface area contributed by atoms with Crippen LogP contribution in [0.1, 0.15) is 12.0 Å². The molecule has 28 heavy (non-hydrogen) atoms. The van der Waals surface area contributed by atoms with Crippen LogP contribution in [0.3, 0.4) is 0 Å². The predicted octanol–water partition coefficient (Wildman–Crippen LogP) is 6.04. The summed E-state index contributed by atoms with van der Waals surface area (Å²) in [4.78, 5) is 8.71. The molecule has 0 unspecified atom stereocenters. The van der Waals surface area contributed by atoms with E-state index in [2.05, 4.69) is 34.2 Å². The number of aryl methyl sites for hydroxylation is 1. The van der Waals surface area contributed by atoms with Gasteiger partial charge in [-0.1, -0.05) is 30.3 Å². The van der Waals surface area contributed by atoms with Gasteiger partial charge in [0.2, 0.25) is 5.28 Å². The first kappa shape index (κ1) is 18.4. The first-order valence-electron chi connectivity index (χ1n) is 9.18. The highest BCUT2D eigenvalue weighted by Crippen LogP contribution is 2.34. The number of pyridine rings is 1. The van der Waals surface area contributed by atoms with Crippen molar-refractivity contribution in [2.75, 3.05) is 0 Å². The highest BCUT2D eigenvalue weighted by molar-refractivity contribution is 6.29. The van der Waals surface area contributed by atoms with Crippen molar-refractivity contribution in [2.24, 2.45) is 0 Å². The average molecular weight is 392 g/mol. The number of hydrogen-bond acceptors (Lipinski definition) is 2. The number of halogens is 2. The number of benzene rings is 2. The molecule has 2 aromatic carbocycles. The third-order valence-corrected chi connectivity index (χ3v) is 4.97.